The number of ether oxygens (including phenoxy) is 1. The largest absolute Gasteiger partial charge is 0.496 e. The van der Waals surface area contributed by atoms with Crippen LogP contribution < -0.4 is 10.5 Å². The Balaban J connectivity index is 2.52. The van der Waals surface area contributed by atoms with Gasteiger partial charge in [-0.1, -0.05) is 6.08 Å². The second-order valence-corrected chi connectivity index (χ2v) is 4.47. The highest BCUT2D eigenvalue weighted by atomic mass is 79.9. The highest BCUT2D eigenvalue weighted by molar-refractivity contribution is 9.10. The van der Waals surface area contributed by atoms with Gasteiger partial charge in [0.2, 0.25) is 0 Å². The minimum absolute atomic E-state index is 0.603. The molecule has 80 valence electrons. The van der Waals surface area contributed by atoms with Gasteiger partial charge in [0.1, 0.15) is 5.75 Å². The Bertz CT molecular complexity index is 412. The molecule has 0 radical (unpaired) electrons. The molecule has 1 aliphatic rings. The second kappa shape index (κ2) is 4.37. The first-order valence-electron chi connectivity index (χ1n) is 5.02. The highest BCUT2D eigenvalue weighted by Gasteiger charge is 2.14. The zero-order valence-electron chi connectivity index (χ0n) is 8.72. The molecule has 1 aliphatic carbocycles. The molecule has 0 saturated carbocycles. The minimum atomic E-state index is 0.603. The van der Waals surface area contributed by atoms with Gasteiger partial charge in [0.05, 0.1) is 11.6 Å². The van der Waals surface area contributed by atoms with Crippen LogP contribution in [0.25, 0.3) is 5.57 Å². The first kappa shape index (κ1) is 10.7. The Labute approximate surface area is 98.2 Å². The van der Waals surface area contributed by atoms with Crippen molar-refractivity contribution in [3.63, 3.8) is 0 Å². The van der Waals surface area contributed by atoms with Crippen LogP contribution in [0.3, 0.4) is 0 Å². The van der Waals surface area contributed by atoms with Gasteiger partial charge in [-0.05, 0) is 57.6 Å². The van der Waals surface area contributed by atoms with Crippen molar-refractivity contribution in [1.82, 2.24) is 0 Å². The van der Waals surface area contributed by atoms with Crippen LogP contribution in [0.1, 0.15) is 17.5 Å². The molecule has 0 fully saturated rings. The third-order valence-electron chi connectivity index (χ3n) is 2.75. The number of hydrogen-bond acceptors (Lipinski definition) is 2. The Kier molecular flexibility index (Phi) is 3.12. The SMILES string of the molecule is COc1cc2c(cc1Br)C(CN)=CCC2. The van der Waals surface area contributed by atoms with E-state index in [1.165, 1.54) is 16.7 Å². The normalized spacial score (nSPS) is 14.5. The molecule has 1 aromatic rings. The number of hydrogen-bond donors (Lipinski definition) is 1. The molecule has 2 nitrogen and oxygen atoms in total. The monoisotopic (exact) mass is 267 g/mol. The van der Waals surface area contributed by atoms with Crippen molar-refractivity contribution >= 4 is 21.5 Å². The van der Waals surface area contributed by atoms with Crippen LogP contribution in [0.4, 0.5) is 0 Å². The number of rotatable bonds is 2. The molecule has 0 amide bonds. The van der Waals surface area contributed by atoms with E-state index in [-0.39, 0.29) is 0 Å². The van der Waals surface area contributed by atoms with Gasteiger partial charge in [-0.2, -0.15) is 0 Å². The Hall–Kier alpha value is -0.800. The molecule has 0 bridgehead atoms. The van der Waals surface area contributed by atoms with E-state index >= 15 is 0 Å². The number of methoxy groups -OCH3 is 1. The van der Waals surface area contributed by atoms with Crippen LogP contribution in [0.15, 0.2) is 22.7 Å². The van der Waals surface area contributed by atoms with E-state index in [4.69, 9.17) is 10.5 Å². The van der Waals surface area contributed by atoms with Crippen LogP contribution in [0, 0.1) is 0 Å². The topological polar surface area (TPSA) is 35.2 Å². The van der Waals surface area contributed by atoms with Gasteiger partial charge >= 0.3 is 0 Å². The van der Waals surface area contributed by atoms with Gasteiger partial charge in [-0.3, -0.25) is 0 Å². The smallest absolute Gasteiger partial charge is 0.133 e. The lowest BCUT2D eigenvalue weighted by atomic mass is 9.91. The van der Waals surface area contributed by atoms with Gasteiger partial charge in [-0.25, -0.2) is 0 Å². The molecule has 2 N–H and O–H groups in total. The van der Waals surface area contributed by atoms with E-state index in [1.807, 2.05) is 0 Å². The molecule has 2 rings (SSSR count). The van der Waals surface area contributed by atoms with Crippen molar-refractivity contribution in [2.24, 2.45) is 5.73 Å². The number of allylic oxidation sites excluding steroid dienone is 1. The molecule has 3 heteroatoms. The average molecular weight is 268 g/mol. The molecule has 0 spiro atoms. The molecule has 0 aromatic heterocycles. The molecule has 0 saturated heterocycles. The second-order valence-electron chi connectivity index (χ2n) is 3.62. The molecular weight excluding hydrogens is 254 g/mol. The van der Waals surface area contributed by atoms with Gasteiger partial charge in [0, 0.05) is 6.54 Å². The molecule has 0 heterocycles. The summed E-state index contributed by atoms with van der Waals surface area (Å²) in [5.74, 6) is 0.895. The van der Waals surface area contributed by atoms with E-state index in [9.17, 15) is 0 Å². The zero-order valence-corrected chi connectivity index (χ0v) is 10.3. The number of benzene rings is 1. The maximum Gasteiger partial charge on any atom is 0.133 e. The first-order valence-corrected chi connectivity index (χ1v) is 5.81. The summed E-state index contributed by atoms with van der Waals surface area (Å²) in [7, 11) is 1.69. The molecule has 0 aliphatic heterocycles. The fourth-order valence-corrected chi connectivity index (χ4v) is 2.47. The van der Waals surface area contributed by atoms with E-state index in [0.717, 1.165) is 23.1 Å². The Morgan fingerprint density at radius 3 is 2.93 bits per heavy atom. The van der Waals surface area contributed by atoms with Gasteiger partial charge in [0.15, 0.2) is 0 Å². The zero-order chi connectivity index (χ0) is 10.8. The minimum Gasteiger partial charge on any atom is -0.496 e. The molecule has 1 aromatic carbocycles. The van der Waals surface area contributed by atoms with Crippen LogP contribution in [-0.4, -0.2) is 13.7 Å². The summed E-state index contributed by atoms with van der Waals surface area (Å²) in [4.78, 5) is 0. The maximum atomic E-state index is 5.72. The Morgan fingerprint density at radius 1 is 1.47 bits per heavy atom. The number of halogens is 1. The summed E-state index contributed by atoms with van der Waals surface area (Å²) < 4.78 is 6.27. The van der Waals surface area contributed by atoms with Crippen molar-refractivity contribution in [2.45, 2.75) is 12.8 Å². The van der Waals surface area contributed by atoms with Crippen molar-refractivity contribution in [2.75, 3.05) is 13.7 Å². The van der Waals surface area contributed by atoms with Crippen LogP contribution >= 0.6 is 15.9 Å². The summed E-state index contributed by atoms with van der Waals surface area (Å²) >= 11 is 3.50. The fourth-order valence-electron chi connectivity index (χ4n) is 1.96. The summed E-state index contributed by atoms with van der Waals surface area (Å²) in [6, 6.07) is 4.20. The van der Waals surface area contributed by atoms with Gasteiger partial charge in [-0.15, -0.1) is 0 Å². The lowest BCUT2D eigenvalue weighted by molar-refractivity contribution is 0.411. The third-order valence-corrected chi connectivity index (χ3v) is 3.37. The van der Waals surface area contributed by atoms with Crippen molar-refractivity contribution in [3.8, 4) is 5.75 Å². The lowest BCUT2D eigenvalue weighted by Crippen LogP contribution is -2.08. The van der Waals surface area contributed by atoms with Crippen molar-refractivity contribution in [1.29, 1.82) is 0 Å². The third kappa shape index (κ3) is 1.94. The number of aryl methyl sites for hydroxylation is 1. The molecular formula is C12H14BrNO. The standard InChI is InChI=1S/C12H14BrNO/c1-15-12-5-8-3-2-4-9(7-14)10(8)6-11(12)13/h4-6H,2-3,7,14H2,1H3. The van der Waals surface area contributed by atoms with Crippen LogP contribution in [0.2, 0.25) is 0 Å². The molecule has 0 atom stereocenters. The highest BCUT2D eigenvalue weighted by Crippen LogP contribution is 2.34. The van der Waals surface area contributed by atoms with Crippen molar-refractivity contribution < 1.29 is 4.74 Å². The summed E-state index contributed by atoms with van der Waals surface area (Å²) in [6.07, 6.45) is 4.37. The van der Waals surface area contributed by atoms with Crippen molar-refractivity contribution in [3.05, 3.63) is 33.8 Å². The predicted octanol–water partition coefficient (Wildman–Crippen LogP) is 2.75. The quantitative estimate of drug-likeness (QED) is 0.895. The van der Waals surface area contributed by atoms with Gasteiger partial charge < -0.3 is 10.5 Å². The number of nitrogens with two attached hydrogens (primary N) is 1. The fraction of sp³-hybridized carbons (Fsp3) is 0.333. The number of fused-ring (bicyclic) bond motifs is 1. The summed E-state index contributed by atoms with van der Waals surface area (Å²) in [6.45, 7) is 0.603. The van der Waals surface area contributed by atoms with E-state index in [1.54, 1.807) is 7.11 Å². The summed E-state index contributed by atoms with van der Waals surface area (Å²) in [5.41, 5.74) is 9.55. The Morgan fingerprint density at radius 2 is 2.27 bits per heavy atom. The van der Waals surface area contributed by atoms with Crippen LogP contribution in [-0.2, 0) is 6.42 Å². The van der Waals surface area contributed by atoms with E-state index < -0.39 is 0 Å². The molecule has 15 heavy (non-hydrogen) atoms. The average Bonchev–Trinajstić information content (AvgIpc) is 2.27. The maximum absolute atomic E-state index is 5.72. The first-order chi connectivity index (χ1) is 7.26. The van der Waals surface area contributed by atoms with Gasteiger partial charge in [0.25, 0.3) is 0 Å². The lowest BCUT2D eigenvalue weighted by Gasteiger charge is -2.18. The van der Waals surface area contributed by atoms with E-state index in [0.29, 0.717) is 6.54 Å². The molecule has 0 unspecified atom stereocenters. The van der Waals surface area contributed by atoms with Crippen LogP contribution in [0.5, 0.6) is 5.75 Å². The predicted molar refractivity (Wildman–Crippen MR) is 66.0 cm³/mol. The summed E-state index contributed by atoms with van der Waals surface area (Å²) in [5, 5.41) is 0. The van der Waals surface area contributed by atoms with E-state index in [2.05, 4.69) is 34.1 Å².